The highest BCUT2D eigenvalue weighted by molar-refractivity contribution is 6.79. The zero-order valence-corrected chi connectivity index (χ0v) is 15.0. The van der Waals surface area contributed by atoms with Crippen molar-refractivity contribution in [1.29, 1.82) is 5.26 Å². The zero-order valence-electron chi connectivity index (χ0n) is 15.0. The average Bonchev–Trinajstić information content (AvgIpc) is 3.17. The molecule has 0 radical (unpaired) electrons. The molecule has 0 atom stereocenters. The lowest BCUT2D eigenvalue weighted by molar-refractivity contribution is -0.136. The maximum atomic E-state index is 13.5. The Morgan fingerprint density at radius 2 is 1.86 bits per heavy atom. The summed E-state index contributed by atoms with van der Waals surface area (Å²) in [6.45, 7) is -0.729. The van der Waals surface area contributed by atoms with Gasteiger partial charge in [-0.1, -0.05) is 36.4 Å². The van der Waals surface area contributed by atoms with Gasteiger partial charge in [-0.2, -0.15) is 18.3 Å². The highest BCUT2D eigenvalue weighted by atomic mass is 19.4. The van der Waals surface area contributed by atoms with Crippen molar-refractivity contribution >= 4 is 18.0 Å². The van der Waals surface area contributed by atoms with Crippen molar-refractivity contribution < 1.29 is 13.2 Å². The SMILES string of the molecule is N#CB(Cc1cccnc1)c1cc(-c2ccccc2)nc2c(C(F)(F)F)cnn12. The minimum Gasteiger partial charge on any atom is -0.264 e. The molecule has 0 unspecified atom stereocenters. The first kappa shape index (κ1) is 18.7. The second-order valence-corrected chi connectivity index (χ2v) is 6.47. The monoisotopic (exact) mass is 391 g/mol. The number of hydrogen-bond donors (Lipinski definition) is 0. The van der Waals surface area contributed by atoms with Gasteiger partial charge in [-0.15, -0.1) is 0 Å². The molecule has 9 heteroatoms. The Balaban J connectivity index is 1.92. The molecule has 0 saturated heterocycles. The van der Waals surface area contributed by atoms with Gasteiger partial charge in [-0.25, -0.2) is 14.8 Å². The second kappa shape index (κ2) is 7.39. The fraction of sp³-hybridized carbons (Fsp3) is 0.100. The lowest BCUT2D eigenvalue weighted by Gasteiger charge is -2.12. The molecule has 142 valence electrons. The molecule has 0 aliphatic carbocycles. The fourth-order valence-electron chi connectivity index (χ4n) is 3.16. The van der Waals surface area contributed by atoms with Crippen LogP contribution in [0, 0.1) is 11.2 Å². The molecule has 0 spiro atoms. The molecule has 1 aromatic carbocycles. The lowest BCUT2D eigenvalue weighted by Crippen LogP contribution is -2.38. The highest BCUT2D eigenvalue weighted by Gasteiger charge is 2.36. The first-order valence-electron chi connectivity index (χ1n) is 8.77. The molecule has 5 nitrogen and oxygen atoms in total. The normalized spacial score (nSPS) is 11.4. The van der Waals surface area contributed by atoms with E-state index in [4.69, 9.17) is 0 Å². The molecule has 29 heavy (non-hydrogen) atoms. The van der Waals surface area contributed by atoms with Gasteiger partial charge in [0.05, 0.1) is 11.9 Å². The van der Waals surface area contributed by atoms with E-state index in [-0.39, 0.29) is 5.65 Å². The Kier molecular flexibility index (Phi) is 4.76. The molecule has 0 N–H and O–H groups in total. The van der Waals surface area contributed by atoms with Crippen molar-refractivity contribution in [3.05, 3.63) is 78.2 Å². The molecule has 0 bridgehead atoms. The molecule has 3 aromatic heterocycles. The number of pyridine rings is 1. The number of rotatable bonds is 4. The Morgan fingerprint density at radius 1 is 1.07 bits per heavy atom. The molecular weight excluding hydrogens is 378 g/mol. The first-order chi connectivity index (χ1) is 14.0. The van der Waals surface area contributed by atoms with Gasteiger partial charge >= 0.3 is 12.9 Å². The van der Waals surface area contributed by atoms with E-state index >= 15 is 0 Å². The van der Waals surface area contributed by atoms with Crippen LogP contribution >= 0.6 is 0 Å². The summed E-state index contributed by atoms with van der Waals surface area (Å²) in [6, 6.07) is 14.1. The lowest BCUT2D eigenvalue weighted by atomic mass is 9.45. The summed E-state index contributed by atoms with van der Waals surface area (Å²) in [4.78, 5) is 8.25. The Hall–Kier alpha value is -3.67. The summed E-state index contributed by atoms with van der Waals surface area (Å²) in [5.74, 6) is 2.19. The Bertz CT molecular complexity index is 1180. The third-order valence-electron chi connectivity index (χ3n) is 4.55. The third kappa shape index (κ3) is 3.69. The molecule has 0 saturated carbocycles. The van der Waals surface area contributed by atoms with E-state index in [0.29, 0.717) is 23.2 Å². The topological polar surface area (TPSA) is 66.9 Å². The molecule has 0 aliphatic heterocycles. The van der Waals surface area contributed by atoms with Crippen LogP contribution in [-0.2, 0) is 12.5 Å². The third-order valence-corrected chi connectivity index (χ3v) is 4.55. The molecule has 4 rings (SSSR count). The highest BCUT2D eigenvalue weighted by Crippen LogP contribution is 2.32. The van der Waals surface area contributed by atoms with Gasteiger partial charge in [0.25, 0.3) is 0 Å². The molecule has 4 aromatic rings. The smallest absolute Gasteiger partial charge is 0.264 e. The molecule has 0 aliphatic rings. The summed E-state index contributed by atoms with van der Waals surface area (Å²) in [5.41, 5.74) is 0.897. The van der Waals surface area contributed by atoms with Crippen LogP contribution in [0.5, 0.6) is 0 Å². The van der Waals surface area contributed by atoms with Crippen molar-refractivity contribution in [2.75, 3.05) is 0 Å². The minimum absolute atomic E-state index is 0.291. The number of nitriles is 1. The minimum atomic E-state index is -4.60. The number of hydrogen-bond acceptors (Lipinski definition) is 4. The van der Waals surface area contributed by atoms with Gasteiger partial charge in [0.1, 0.15) is 5.56 Å². The van der Waals surface area contributed by atoms with Crippen LogP contribution in [0.2, 0.25) is 0 Å². The number of nitrogens with zero attached hydrogens (tertiary/aromatic N) is 5. The van der Waals surface area contributed by atoms with Crippen molar-refractivity contribution in [2.45, 2.75) is 12.5 Å². The fourth-order valence-corrected chi connectivity index (χ4v) is 3.16. The number of aromatic nitrogens is 4. The summed E-state index contributed by atoms with van der Waals surface area (Å²) < 4.78 is 41.6. The second-order valence-electron chi connectivity index (χ2n) is 6.47. The van der Waals surface area contributed by atoms with E-state index < -0.39 is 18.5 Å². The molecule has 0 amide bonds. The van der Waals surface area contributed by atoms with E-state index in [1.165, 1.54) is 0 Å². The van der Waals surface area contributed by atoms with Crippen molar-refractivity contribution in [2.24, 2.45) is 0 Å². The van der Waals surface area contributed by atoms with Crippen LogP contribution in [-0.4, -0.2) is 26.3 Å². The standard InChI is InChI=1S/C20H13BF3N5/c22-20(23,24)16-12-27-29-18(21(13-25)10-14-5-4-8-26-11-14)9-17(28-19(16)29)15-6-2-1-3-7-15/h1-9,11-12H,10H2. The molecule has 0 fully saturated rings. The summed E-state index contributed by atoms with van der Waals surface area (Å²) in [7, 11) is 0. The molecule has 3 heterocycles. The van der Waals surface area contributed by atoms with Crippen LogP contribution in [0.4, 0.5) is 13.2 Å². The van der Waals surface area contributed by atoms with E-state index in [1.807, 2.05) is 12.1 Å². The van der Waals surface area contributed by atoms with Crippen LogP contribution in [0.15, 0.2) is 67.1 Å². The number of alkyl halides is 3. The summed E-state index contributed by atoms with van der Waals surface area (Å²) in [5, 5.41) is 13.7. The van der Waals surface area contributed by atoms with Crippen LogP contribution in [0.3, 0.4) is 0 Å². The summed E-state index contributed by atoms with van der Waals surface area (Å²) >= 11 is 0. The average molecular weight is 391 g/mol. The Labute approximate surface area is 164 Å². The van der Waals surface area contributed by atoms with Crippen LogP contribution in [0.25, 0.3) is 16.9 Å². The van der Waals surface area contributed by atoms with Gasteiger partial charge in [-0.05, 0) is 24.0 Å². The Morgan fingerprint density at radius 3 is 2.52 bits per heavy atom. The largest absolute Gasteiger partial charge is 0.421 e. The maximum absolute atomic E-state index is 13.5. The van der Waals surface area contributed by atoms with E-state index in [0.717, 1.165) is 16.3 Å². The van der Waals surface area contributed by atoms with Crippen LogP contribution < -0.4 is 5.59 Å². The number of fused-ring (bicyclic) bond motifs is 1. The first-order valence-corrected chi connectivity index (χ1v) is 8.77. The molecular formula is C20H13BF3N5. The van der Waals surface area contributed by atoms with Crippen molar-refractivity contribution in [3.63, 3.8) is 0 Å². The zero-order chi connectivity index (χ0) is 20.4. The predicted molar refractivity (Wildman–Crippen MR) is 102 cm³/mol. The quantitative estimate of drug-likeness (QED) is 0.501. The van der Waals surface area contributed by atoms with Crippen LogP contribution in [0.1, 0.15) is 11.1 Å². The van der Waals surface area contributed by atoms with Gasteiger partial charge in [-0.3, -0.25) is 4.98 Å². The number of benzene rings is 1. The number of halogens is 3. The van der Waals surface area contributed by atoms with Crippen molar-refractivity contribution in [3.8, 4) is 17.2 Å². The van der Waals surface area contributed by atoms with Gasteiger partial charge in [0, 0.05) is 29.5 Å². The predicted octanol–water partition coefficient (Wildman–Crippen LogP) is 3.36. The van der Waals surface area contributed by atoms with Gasteiger partial charge in [0.15, 0.2) is 5.65 Å². The van der Waals surface area contributed by atoms with E-state index in [2.05, 4.69) is 21.0 Å². The van der Waals surface area contributed by atoms with E-state index in [9.17, 15) is 18.4 Å². The van der Waals surface area contributed by atoms with Gasteiger partial charge in [0.2, 0.25) is 0 Å². The van der Waals surface area contributed by atoms with Crippen molar-refractivity contribution in [1.82, 2.24) is 19.6 Å². The maximum Gasteiger partial charge on any atom is 0.421 e. The van der Waals surface area contributed by atoms with Gasteiger partial charge < -0.3 is 0 Å². The summed E-state index contributed by atoms with van der Waals surface area (Å²) in [6.07, 6.45) is -0.317. The van der Waals surface area contributed by atoms with E-state index in [1.54, 1.807) is 48.8 Å².